The van der Waals surface area contributed by atoms with E-state index in [0.29, 0.717) is 0 Å². The van der Waals surface area contributed by atoms with Crippen molar-refractivity contribution in [2.45, 2.75) is 6.18 Å². The molecule has 0 saturated heterocycles. The van der Waals surface area contributed by atoms with E-state index < -0.39 is 17.4 Å². The molecular formula is C8H2F3N3. The molecule has 6 heteroatoms. The van der Waals surface area contributed by atoms with Crippen molar-refractivity contribution in [1.29, 1.82) is 10.5 Å². The van der Waals surface area contributed by atoms with Crippen LogP contribution in [-0.2, 0) is 6.18 Å². The maximum atomic E-state index is 12.2. The van der Waals surface area contributed by atoms with Crippen LogP contribution >= 0.6 is 0 Å². The number of alkyl halides is 3. The van der Waals surface area contributed by atoms with Gasteiger partial charge in [0.05, 0.1) is 11.1 Å². The van der Waals surface area contributed by atoms with Gasteiger partial charge in [0.25, 0.3) is 0 Å². The van der Waals surface area contributed by atoms with Gasteiger partial charge in [-0.3, -0.25) is 0 Å². The summed E-state index contributed by atoms with van der Waals surface area (Å²) in [5.74, 6) is 0. The molecule has 70 valence electrons. The van der Waals surface area contributed by atoms with Gasteiger partial charge < -0.3 is 0 Å². The Morgan fingerprint density at radius 2 is 1.86 bits per heavy atom. The molecule has 0 bridgehead atoms. The van der Waals surface area contributed by atoms with E-state index in [2.05, 4.69) is 4.98 Å². The molecule has 0 spiro atoms. The van der Waals surface area contributed by atoms with Gasteiger partial charge in [0.1, 0.15) is 12.1 Å². The molecule has 0 amide bonds. The summed E-state index contributed by atoms with van der Waals surface area (Å²) in [4.78, 5) is 3.02. The summed E-state index contributed by atoms with van der Waals surface area (Å²) < 4.78 is 36.5. The van der Waals surface area contributed by atoms with Crippen molar-refractivity contribution >= 4 is 0 Å². The first kappa shape index (κ1) is 10.0. The van der Waals surface area contributed by atoms with Crippen molar-refractivity contribution in [1.82, 2.24) is 4.98 Å². The van der Waals surface area contributed by atoms with E-state index in [1.54, 1.807) is 6.07 Å². The Balaban J connectivity index is 3.37. The molecule has 0 fully saturated rings. The summed E-state index contributed by atoms with van der Waals surface area (Å²) in [5.41, 5.74) is -1.98. The van der Waals surface area contributed by atoms with Crippen molar-refractivity contribution < 1.29 is 13.2 Å². The first-order valence-electron chi connectivity index (χ1n) is 3.36. The molecule has 0 radical (unpaired) electrons. The molecule has 1 aromatic rings. The van der Waals surface area contributed by atoms with Gasteiger partial charge in [-0.05, 0) is 6.07 Å². The normalized spacial score (nSPS) is 10.4. The Kier molecular flexibility index (Phi) is 2.39. The fraction of sp³-hybridized carbons (Fsp3) is 0.125. The number of halogens is 3. The van der Waals surface area contributed by atoms with Crippen molar-refractivity contribution in [3.63, 3.8) is 0 Å². The van der Waals surface area contributed by atoms with E-state index in [9.17, 15) is 13.2 Å². The summed E-state index contributed by atoms with van der Waals surface area (Å²) >= 11 is 0. The molecule has 0 unspecified atom stereocenters. The van der Waals surface area contributed by atoms with Gasteiger partial charge in [-0.25, -0.2) is 4.98 Å². The van der Waals surface area contributed by atoms with Crippen molar-refractivity contribution in [3.05, 3.63) is 29.1 Å². The summed E-state index contributed by atoms with van der Waals surface area (Å²) in [6, 6.07) is 3.80. The lowest BCUT2D eigenvalue weighted by Gasteiger charge is -2.06. The Hall–Kier alpha value is -2.08. The average Bonchev–Trinajstić information content (AvgIpc) is 2.15. The van der Waals surface area contributed by atoms with Crippen molar-refractivity contribution in [2.24, 2.45) is 0 Å². The Bertz CT molecular complexity index is 437. The van der Waals surface area contributed by atoms with Gasteiger partial charge in [-0.15, -0.1) is 0 Å². The maximum absolute atomic E-state index is 12.2. The van der Waals surface area contributed by atoms with Gasteiger partial charge in [0.2, 0.25) is 0 Å². The number of hydrogen-bond donors (Lipinski definition) is 0. The van der Waals surface area contributed by atoms with Gasteiger partial charge in [0.15, 0.2) is 5.69 Å². The maximum Gasteiger partial charge on any atom is 0.434 e. The summed E-state index contributed by atoms with van der Waals surface area (Å²) in [6.45, 7) is 0. The summed E-state index contributed by atoms with van der Waals surface area (Å²) in [7, 11) is 0. The molecule has 0 atom stereocenters. The van der Waals surface area contributed by atoms with Crippen LogP contribution in [0.1, 0.15) is 16.8 Å². The zero-order chi connectivity index (χ0) is 10.8. The smallest absolute Gasteiger partial charge is 0.249 e. The van der Waals surface area contributed by atoms with E-state index in [1.165, 1.54) is 6.07 Å². The first-order valence-corrected chi connectivity index (χ1v) is 3.36. The lowest BCUT2D eigenvalue weighted by atomic mass is 10.1. The second-order valence-corrected chi connectivity index (χ2v) is 2.34. The summed E-state index contributed by atoms with van der Waals surface area (Å²) in [5, 5.41) is 16.8. The largest absolute Gasteiger partial charge is 0.434 e. The topological polar surface area (TPSA) is 60.5 Å². The minimum absolute atomic E-state index is 0.0745. The molecule has 1 rings (SSSR count). The highest BCUT2D eigenvalue weighted by Crippen LogP contribution is 2.29. The fourth-order valence-corrected chi connectivity index (χ4v) is 0.837. The van der Waals surface area contributed by atoms with Crippen LogP contribution in [0.15, 0.2) is 12.3 Å². The third-order valence-corrected chi connectivity index (χ3v) is 1.41. The average molecular weight is 197 g/mol. The molecule has 1 heterocycles. The number of pyridine rings is 1. The molecule has 0 aliphatic heterocycles. The minimum atomic E-state index is -4.67. The van der Waals surface area contributed by atoms with Gasteiger partial charge >= 0.3 is 6.18 Å². The quantitative estimate of drug-likeness (QED) is 0.637. The lowest BCUT2D eigenvalue weighted by molar-refractivity contribution is -0.141. The van der Waals surface area contributed by atoms with E-state index in [0.717, 1.165) is 12.3 Å². The molecule has 0 saturated carbocycles. The van der Waals surface area contributed by atoms with Crippen LogP contribution < -0.4 is 0 Å². The Labute approximate surface area is 77.0 Å². The molecule has 0 aliphatic rings. The number of nitriles is 2. The van der Waals surface area contributed by atoms with Crippen LogP contribution in [-0.4, -0.2) is 4.98 Å². The predicted octanol–water partition coefficient (Wildman–Crippen LogP) is 1.84. The van der Waals surface area contributed by atoms with Crippen LogP contribution in [0.3, 0.4) is 0 Å². The second-order valence-electron chi connectivity index (χ2n) is 2.34. The van der Waals surface area contributed by atoms with Crippen molar-refractivity contribution in [3.8, 4) is 12.1 Å². The van der Waals surface area contributed by atoms with Gasteiger partial charge in [-0.2, -0.15) is 23.7 Å². The van der Waals surface area contributed by atoms with E-state index in [1.807, 2.05) is 0 Å². The van der Waals surface area contributed by atoms with Crippen LogP contribution in [0.25, 0.3) is 0 Å². The third kappa shape index (κ3) is 1.80. The number of rotatable bonds is 0. The standard InChI is InChI=1S/C8H2F3N3/c9-8(10,11)7-6(3-13)1-5(2-12)4-14-7/h1,4H. The van der Waals surface area contributed by atoms with Crippen LogP contribution in [0, 0.1) is 22.7 Å². The second kappa shape index (κ2) is 3.35. The van der Waals surface area contributed by atoms with E-state index in [-0.39, 0.29) is 5.56 Å². The van der Waals surface area contributed by atoms with E-state index >= 15 is 0 Å². The lowest BCUT2D eigenvalue weighted by Crippen LogP contribution is -2.10. The monoisotopic (exact) mass is 197 g/mol. The molecule has 1 aromatic heterocycles. The van der Waals surface area contributed by atoms with Gasteiger partial charge in [0, 0.05) is 6.20 Å². The number of hydrogen-bond acceptors (Lipinski definition) is 3. The van der Waals surface area contributed by atoms with E-state index in [4.69, 9.17) is 10.5 Å². The number of aromatic nitrogens is 1. The highest BCUT2D eigenvalue weighted by atomic mass is 19.4. The Morgan fingerprint density at radius 1 is 1.21 bits per heavy atom. The zero-order valence-electron chi connectivity index (χ0n) is 6.63. The van der Waals surface area contributed by atoms with Crippen LogP contribution in [0.5, 0.6) is 0 Å². The molecule has 3 nitrogen and oxygen atoms in total. The van der Waals surface area contributed by atoms with Gasteiger partial charge in [-0.1, -0.05) is 0 Å². The fourth-order valence-electron chi connectivity index (χ4n) is 0.837. The third-order valence-electron chi connectivity index (χ3n) is 1.41. The molecular weight excluding hydrogens is 195 g/mol. The predicted molar refractivity (Wildman–Crippen MR) is 38.7 cm³/mol. The first-order chi connectivity index (χ1) is 6.49. The molecule has 0 aromatic carbocycles. The molecule has 0 N–H and O–H groups in total. The minimum Gasteiger partial charge on any atom is -0.249 e. The number of nitrogens with zero attached hydrogens (tertiary/aromatic N) is 3. The highest BCUT2D eigenvalue weighted by Gasteiger charge is 2.35. The zero-order valence-corrected chi connectivity index (χ0v) is 6.63. The highest BCUT2D eigenvalue weighted by molar-refractivity contribution is 5.41. The van der Waals surface area contributed by atoms with Crippen molar-refractivity contribution in [2.75, 3.05) is 0 Å². The van der Waals surface area contributed by atoms with Crippen LogP contribution in [0.2, 0.25) is 0 Å². The Morgan fingerprint density at radius 3 is 2.29 bits per heavy atom. The van der Waals surface area contributed by atoms with Crippen LogP contribution in [0.4, 0.5) is 13.2 Å². The molecule has 0 aliphatic carbocycles. The SMILES string of the molecule is N#Cc1cnc(C(F)(F)F)c(C#N)c1. The molecule has 14 heavy (non-hydrogen) atoms. The summed E-state index contributed by atoms with van der Waals surface area (Å²) in [6.07, 6.45) is -3.89.